The van der Waals surface area contributed by atoms with Crippen molar-refractivity contribution in [1.29, 1.82) is 0 Å². The maximum absolute atomic E-state index is 12.1. The molecule has 8 nitrogen and oxygen atoms in total. The van der Waals surface area contributed by atoms with Crippen molar-refractivity contribution in [3.8, 4) is 0 Å². The third-order valence-electron chi connectivity index (χ3n) is 4.15. The average molecular weight is 555 g/mol. The molecule has 0 bridgehead atoms. The van der Waals surface area contributed by atoms with Crippen LogP contribution in [0.2, 0.25) is 0 Å². The number of para-hydroxylation sites is 1. The Labute approximate surface area is 199 Å². The highest BCUT2D eigenvalue weighted by atomic mass is 127. The van der Waals surface area contributed by atoms with Crippen LogP contribution in [0.5, 0.6) is 0 Å². The van der Waals surface area contributed by atoms with E-state index in [9.17, 15) is 8.42 Å². The number of nitrogens with zero attached hydrogens (tertiary/aromatic N) is 2. The maximum Gasteiger partial charge on any atom is 0.217 e. The molecule has 0 fully saturated rings. The summed E-state index contributed by atoms with van der Waals surface area (Å²) < 4.78 is 31.4. The number of halogens is 1. The van der Waals surface area contributed by atoms with E-state index >= 15 is 0 Å². The van der Waals surface area contributed by atoms with Crippen LogP contribution in [0, 0.1) is 6.92 Å². The third-order valence-corrected chi connectivity index (χ3v) is 5.47. The van der Waals surface area contributed by atoms with Crippen LogP contribution < -0.4 is 15.4 Å². The van der Waals surface area contributed by atoms with Gasteiger partial charge in [-0.15, -0.1) is 24.0 Å². The van der Waals surface area contributed by atoms with Crippen molar-refractivity contribution >= 4 is 45.6 Å². The lowest BCUT2D eigenvalue weighted by molar-refractivity contribution is 0.413. The fourth-order valence-corrected chi connectivity index (χ4v) is 3.66. The van der Waals surface area contributed by atoms with Gasteiger partial charge in [0, 0.05) is 24.8 Å². The maximum atomic E-state index is 12.1. The Hall–Kier alpha value is -2.44. The number of benzene rings is 2. The van der Waals surface area contributed by atoms with E-state index < -0.39 is 10.0 Å². The van der Waals surface area contributed by atoms with Crippen LogP contribution in [0.1, 0.15) is 16.8 Å². The molecule has 0 amide bonds. The number of rotatable bonds is 9. The van der Waals surface area contributed by atoms with Gasteiger partial charge < -0.3 is 15.2 Å². The second-order valence-electron chi connectivity index (χ2n) is 6.71. The molecular formula is C21H26IN5O3S. The Bertz CT molecular complexity index is 1040. The Morgan fingerprint density at radius 3 is 2.45 bits per heavy atom. The lowest BCUT2D eigenvalue weighted by Crippen LogP contribution is -2.38. The molecule has 10 heteroatoms. The Balaban J connectivity index is 0.00000341. The van der Waals surface area contributed by atoms with E-state index in [1.54, 1.807) is 0 Å². The van der Waals surface area contributed by atoms with Crippen molar-refractivity contribution in [3.05, 3.63) is 83.7 Å². The van der Waals surface area contributed by atoms with Crippen LogP contribution in [-0.4, -0.2) is 32.6 Å². The van der Waals surface area contributed by atoms with Crippen LogP contribution in [-0.2, 0) is 22.3 Å². The van der Waals surface area contributed by atoms with Gasteiger partial charge in [0.1, 0.15) is 12.0 Å². The van der Waals surface area contributed by atoms with E-state index in [1.807, 2.05) is 61.5 Å². The zero-order chi connectivity index (χ0) is 21.2. The molecule has 0 radical (unpaired) electrons. The van der Waals surface area contributed by atoms with Crippen molar-refractivity contribution in [1.82, 2.24) is 15.2 Å². The molecule has 0 saturated carbocycles. The van der Waals surface area contributed by atoms with Gasteiger partial charge in [-0.2, -0.15) is 0 Å². The summed E-state index contributed by atoms with van der Waals surface area (Å²) in [5.41, 5.74) is 3.53. The molecule has 3 rings (SSSR count). The SMILES string of the molecule is Cc1ccc(CN=C(NCCNS(=O)(=O)Cc2ccon2)Nc2ccccc2)cc1.I. The molecule has 0 saturated heterocycles. The Morgan fingerprint density at radius 2 is 1.77 bits per heavy atom. The minimum absolute atomic E-state index is 0. The van der Waals surface area contributed by atoms with Gasteiger partial charge >= 0.3 is 0 Å². The van der Waals surface area contributed by atoms with Crippen molar-refractivity contribution in [3.63, 3.8) is 0 Å². The fraction of sp³-hybridized carbons (Fsp3) is 0.238. The number of sulfonamides is 1. The summed E-state index contributed by atoms with van der Waals surface area (Å²) in [7, 11) is -3.49. The molecule has 0 atom stereocenters. The van der Waals surface area contributed by atoms with Gasteiger partial charge in [0.05, 0.1) is 12.2 Å². The van der Waals surface area contributed by atoms with Crippen molar-refractivity contribution in [2.75, 3.05) is 18.4 Å². The summed E-state index contributed by atoms with van der Waals surface area (Å²) in [4.78, 5) is 4.61. The summed E-state index contributed by atoms with van der Waals surface area (Å²) in [5.74, 6) is 0.345. The van der Waals surface area contributed by atoms with E-state index in [0.717, 1.165) is 11.3 Å². The van der Waals surface area contributed by atoms with Crippen LogP contribution in [0.3, 0.4) is 0 Å². The first-order valence-corrected chi connectivity index (χ1v) is 11.2. The second-order valence-corrected chi connectivity index (χ2v) is 8.52. The molecule has 31 heavy (non-hydrogen) atoms. The van der Waals surface area contributed by atoms with Crippen LogP contribution in [0.4, 0.5) is 5.69 Å². The van der Waals surface area contributed by atoms with Crippen molar-refractivity contribution < 1.29 is 12.9 Å². The summed E-state index contributed by atoms with van der Waals surface area (Å²) in [6.45, 7) is 3.12. The van der Waals surface area contributed by atoms with Gasteiger partial charge in [-0.05, 0) is 24.6 Å². The molecule has 3 N–H and O–H groups in total. The highest BCUT2D eigenvalue weighted by Crippen LogP contribution is 2.07. The fourth-order valence-electron chi connectivity index (χ4n) is 2.61. The average Bonchev–Trinajstić information content (AvgIpc) is 3.23. The van der Waals surface area contributed by atoms with Crippen molar-refractivity contribution in [2.24, 2.45) is 4.99 Å². The first-order valence-electron chi connectivity index (χ1n) is 9.53. The topological polar surface area (TPSA) is 109 Å². The smallest absolute Gasteiger partial charge is 0.217 e. The van der Waals surface area contributed by atoms with Gasteiger partial charge in [0.2, 0.25) is 10.0 Å². The molecule has 3 aromatic rings. The van der Waals surface area contributed by atoms with Gasteiger partial charge in [0.25, 0.3) is 0 Å². The molecule has 1 heterocycles. The van der Waals surface area contributed by atoms with Gasteiger partial charge in [-0.25, -0.2) is 18.1 Å². The first kappa shape index (κ1) is 24.8. The molecule has 1 aromatic heterocycles. The minimum atomic E-state index is -3.49. The normalized spacial score (nSPS) is 11.6. The number of guanidine groups is 1. The molecule has 0 spiro atoms. The van der Waals surface area contributed by atoms with Crippen LogP contribution in [0.15, 0.2) is 76.4 Å². The quantitative estimate of drug-likeness (QED) is 0.162. The monoisotopic (exact) mass is 555 g/mol. The van der Waals surface area contributed by atoms with E-state index in [0.29, 0.717) is 24.7 Å². The number of aryl methyl sites for hydroxylation is 1. The van der Waals surface area contributed by atoms with Gasteiger partial charge in [0.15, 0.2) is 5.96 Å². The van der Waals surface area contributed by atoms with Crippen LogP contribution in [0.25, 0.3) is 0 Å². The number of aliphatic imine (C=N–C) groups is 1. The molecule has 0 aliphatic heterocycles. The Morgan fingerprint density at radius 1 is 1.03 bits per heavy atom. The molecule has 2 aromatic carbocycles. The highest BCUT2D eigenvalue weighted by molar-refractivity contribution is 14.0. The third kappa shape index (κ3) is 9.07. The molecule has 0 aliphatic carbocycles. The zero-order valence-electron chi connectivity index (χ0n) is 17.1. The Kier molecular flexibility index (Phi) is 9.95. The lowest BCUT2D eigenvalue weighted by Gasteiger charge is -2.13. The summed E-state index contributed by atoms with van der Waals surface area (Å²) in [5, 5.41) is 10.0. The number of hydrogen-bond donors (Lipinski definition) is 3. The van der Waals surface area contributed by atoms with E-state index in [2.05, 4.69) is 30.0 Å². The molecular weight excluding hydrogens is 529 g/mol. The second kappa shape index (κ2) is 12.4. The van der Waals surface area contributed by atoms with Crippen molar-refractivity contribution in [2.45, 2.75) is 19.2 Å². The summed E-state index contributed by atoms with van der Waals surface area (Å²) >= 11 is 0. The molecule has 0 aliphatic rings. The predicted molar refractivity (Wildman–Crippen MR) is 133 cm³/mol. The summed E-state index contributed by atoms with van der Waals surface area (Å²) in [6, 6.07) is 19.4. The van der Waals surface area contributed by atoms with Gasteiger partial charge in [-0.1, -0.05) is 53.2 Å². The number of hydrogen-bond acceptors (Lipinski definition) is 5. The standard InChI is InChI=1S/C21H25N5O3S.HI/c1-17-7-9-18(10-8-17)15-23-21(25-19-5-3-2-4-6-19)22-12-13-24-30(27,28)16-20-11-14-29-26-20;/h2-11,14,24H,12-13,15-16H2,1H3,(H2,22,23,25);1H. The predicted octanol–water partition coefficient (Wildman–Crippen LogP) is 3.28. The minimum Gasteiger partial charge on any atom is -0.364 e. The first-order chi connectivity index (χ1) is 14.5. The van der Waals surface area contributed by atoms with E-state index in [1.165, 1.54) is 17.9 Å². The molecule has 166 valence electrons. The largest absolute Gasteiger partial charge is 0.364 e. The number of anilines is 1. The zero-order valence-corrected chi connectivity index (χ0v) is 20.3. The lowest BCUT2D eigenvalue weighted by atomic mass is 10.1. The summed E-state index contributed by atoms with van der Waals surface area (Å²) in [6.07, 6.45) is 1.35. The van der Waals surface area contributed by atoms with E-state index in [-0.39, 0.29) is 36.3 Å². The molecule has 0 unspecified atom stereocenters. The number of aromatic nitrogens is 1. The van der Waals surface area contributed by atoms with Gasteiger partial charge in [-0.3, -0.25) is 0 Å². The van der Waals surface area contributed by atoms with E-state index in [4.69, 9.17) is 0 Å². The van der Waals surface area contributed by atoms with Crippen LogP contribution >= 0.6 is 24.0 Å². The highest BCUT2D eigenvalue weighted by Gasteiger charge is 2.13. The number of nitrogens with one attached hydrogen (secondary N) is 3.